The van der Waals surface area contributed by atoms with Crippen LogP contribution in [0.3, 0.4) is 0 Å². The molecule has 0 spiro atoms. The Morgan fingerprint density at radius 1 is 1.08 bits per heavy atom. The molecule has 134 valence electrons. The molecule has 0 aliphatic heterocycles. The van der Waals surface area contributed by atoms with Crippen molar-refractivity contribution in [2.75, 3.05) is 6.61 Å². The van der Waals surface area contributed by atoms with E-state index in [1.807, 2.05) is 31.2 Å². The average molecular weight is 352 g/mol. The van der Waals surface area contributed by atoms with Gasteiger partial charge in [-0.1, -0.05) is 30.3 Å². The van der Waals surface area contributed by atoms with Crippen LogP contribution in [0.5, 0.6) is 5.75 Å². The van der Waals surface area contributed by atoms with E-state index in [0.29, 0.717) is 22.5 Å². The maximum Gasteiger partial charge on any atom is 0.352 e. The highest BCUT2D eigenvalue weighted by atomic mass is 16.6. The van der Waals surface area contributed by atoms with Gasteiger partial charge < -0.3 is 13.9 Å². The van der Waals surface area contributed by atoms with Crippen LogP contribution in [0.1, 0.15) is 29.7 Å². The molecule has 0 aliphatic rings. The first-order valence-corrected chi connectivity index (χ1v) is 8.43. The van der Waals surface area contributed by atoms with E-state index >= 15 is 0 Å². The lowest BCUT2D eigenvalue weighted by atomic mass is 10.1. The zero-order chi connectivity index (χ0) is 18.7. The van der Waals surface area contributed by atoms with Crippen LogP contribution in [-0.2, 0) is 9.53 Å². The second kappa shape index (κ2) is 7.44. The van der Waals surface area contributed by atoms with Crippen molar-refractivity contribution in [3.05, 3.63) is 75.6 Å². The van der Waals surface area contributed by atoms with E-state index in [2.05, 4.69) is 0 Å². The average Bonchev–Trinajstić information content (AvgIpc) is 2.65. The van der Waals surface area contributed by atoms with Gasteiger partial charge in [-0.05, 0) is 38.5 Å². The van der Waals surface area contributed by atoms with Crippen LogP contribution in [0.15, 0.2) is 57.7 Å². The maximum absolute atomic E-state index is 12.3. The Morgan fingerprint density at radius 2 is 1.81 bits per heavy atom. The molecule has 0 aliphatic carbocycles. The lowest BCUT2D eigenvalue weighted by Gasteiger charge is -2.18. The van der Waals surface area contributed by atoms with Gasteiger partial charge in [-0.2, -0.15) is 0 Å². The molecule has 3 rings (SSSR count). The Labute approximate surface area is 151 Å². The van der Waals surface area contributed by atoms with Gasteiger partial charge in [-0.3, -0.25) is 0 Å². The van der Waals surface area contributed by atoms with Crippen LogP contribution in [0.2, 0.25) is 0 Å². The first-order valence-electron chi connectivity index (χ1n) is 8.43. The SMILES string of the molecule is CCOC(=O)C(Oc1ccc2c(C)c(C)c(=O)oc2c1)c1ccccc1. The molecule has 3 aromatic rings. The van der Waals surface area contributed by atoms with Crippen molar-refractivity contribution >= 4 is 16.9 Å². The van der Waals surface area contributed by atoms with Gasteiger partial charge in [0.15, 0.2) is 0 Å². The van der Waals surface area contributed by atoms with Gasteiger partial charge in [-0.15, -0.1) is 0 Å². The van der Waals surface area contributed by atoms with Crippen molar-refractivity contribution < 1.29 is 18.7 Å². The highest BCUT2D eigenvalue weighted by molar-refractivity contribution is 5.82. The highest BCUT2D eigenvalue weighted by Crippen LogP contribution is 2.28. The van der Waals surface area contributed by atoms with Gasteiger partial charge in [0.05, 0.1) is 6.61 Å². The summed E-state index contributed by atoms with van der Waals surface area (Å²) in [7, 11) is 0. The van der Waals surface area contributed by atoms with Gasteiger partial charge >= 0.3 is 11.6 Å². The number of hydrogen-bond acceptors (Lipinski definition) is 5. The van der Waals surface area contributed by atoms with Crippen LogP contribution >= 0.6 is 0 Å². The summed E-state index contributed by atoms with van der Waals surface area (Å²) >= 11 is 0. The van der Waals surface area contributed by atoms with Gasteiger partial charge in [0.2, 0.25) is 6.10 Å². The number of esters is 1. The van der Waals surface area contributed by atoms with Gasteiger partial charge in [0, 0.05) is 22.6 Å². The third-order valence-electron chi connectivity index (χ3n) is 4.29. The number of rotatable bonds is 5. The molecule has 5 nitrogen and oxygen atoms in total. The molecule has 2 aromatic carbocycles. The smallest absolute Gasteiger partial charge is 0.352 e. The van der Waals surface area contributed by atoms with Crippen molar-refractivity contribution in [3.63, 3.8) is 0 Å². The number of ether oxygens (including phenoxy) is 2. The van der Waals surface area contributed by atoms with Crippen molar-refractivity contribution in [1.82, 2.24) is 0 Å². The number of aryl methyl sites for hydroxylation is 1. The third-order valence-corrected chi connectivity index (χ3v) is 4.29. The molecular weight excluding hydrogens is 332 g/mol. The lowest BCUT2D eigenvalue weighted by molar-refractivity contribution is -0.151. The van der Waals surface area contributed by atoms with E-state index in [9.17, 15) is 9.59 Å². The summed E-state index contributed by atoms with van der Waals surface area (Å²) in [5.41, 5.74) is 2.18. The van der Waals surface area contributed by atoms with Crippen LogP contribution in [0, 0.1) is 13.8 Å². The van der Waals surface area contributed by atoms with E-state index in [0.717, 1.165) is 10.9 Å². The molecule has 1 unspecified atom stereocenters. The van der Waals surface area contributed by atoms with E-state index in [-0.39, 0.29) is 12.2 Å². The summed E-state index contributed by atoms with van der Waals surface area (Å²) in [4.78, 5) is 24.3. The molecule has 1 atom stereocenters. The zero-order valence-corrected chi connectivity index (χ0v) is 14.9. The van der Waals surface area contributed by atoms with Crippen molar-refractivity contribution in [2.24, 2.45) is 0 Å². The van der Waals surface area contributed by atoms with Gasteiger partial charge in [0.1, 0.15) is 11.3 Å². The van der Waals surface area contributed by atoms with E-state index in [4.69, 9.17) is 13.9 Å². The molecule has 26 heavy (non-hydrogen) atoms. The molecule has 1 heterocycles. The number of benzene rings is 2. The molecule has 0 fully saturated rings. The Bertz CT molecular complexity index is 988. The number of carbonyl (C=O) groups is 1. The van der Waals surface area contributed by atoms with Crippen LogP contribution in [-0.4, -0.2) is 12.6 Å². The fraction of sp³-hybridized carbons (Fsp3) is 0.238. The van der Waals surface area contributed by atoms with Crippen molar-refractivity contribution in [2.45, 2.75) is 26.9 Å². The van der Waals surface area contributed by atoms with Crippen molar-refractivity contribution in [1.29, 1.82) is 0 Å². The summed E-state index contributed by atoms with van der Waals surface area (Å²) in [5.74, 6) is -0.0499. The van der Waals surface area contributed by atoms with Crippen LogP contribution in [0.4, 0.5) is 0 Å². The second-order valence-corrected chi connectivity index (χ2v) is 5.96. The summed E-state index contributed by atoms with van der Waals surface area (Å²) < 4.78 is 16.4. The molecule has 0 saturated carbocycles. The van der Waals surface area contributed by atoms with Gasteiger partial charge in [-0.25, -0.2) is 9.59 Å². The van der Waals surface area contributed by atoms with Crippen LogP contribution < -0.4 is 10.4 Å². The van der Waals surface area contributed by atoms with E-state index in [1.165, 1.54) is 0 Å². The monoisotopic (exact) mass is 352 g/mol. The summed E-state index contributed by atoms with van der Waals surface area (Å²) in [6.07, 6.45) is -0.896. The normalized spacial score (nSPS) is 12.0. The minimum Gasteiger partial charge on any atom is -0.474 e. The Kier molecular flexibility index (Phi) is 5.07. The fourth-order valence-electron chi connectivity index (χ4n) is 2.74. The molecule has 0 saturated heterocycles. The molecule has 0 N–H and O–H groups in total. The Morgan fingerprint density at radius 3 is 2.50 bits per heavy atom. The minimum absolute atomic E-state index is 0.261. The maximum atomic E-state index is 12.3. The summed E-state index contributed by atoms with van der Waals surface area (Å²) in [6, 6.07) is 14.3. The summed E-state index contributed by atoms with van der Waals surface area (Å²) in [5, 5.41) is 0.835. The first-order chi connectivity index (χ1) is 12.5. The highest BCUT2D eigenvalue weighted by Gasteiger charge is 2.24. The van der Waals surface area contributed by atoms with Gasteiger partial charge in [0.25, 0.3) is 0 Å². The van der Waals surface area contributed by atoms with E-state index < -0.39 is 12.1 Å². The molecule has 0 bridgehead atoms. The largest absolute Gasteiger partial charge is 0.474 e. The third kappa shape index (κ3) is 3.47. The fourth-order valence-corrected chi connectivity index (χ4v) is 2.74. The lowest BCUT2D eigenvalue weighted by Crippen LogP contribution is -2.21. The number of hydrogen-bond donors (Lipinski definition) is 0. The zero-order valence-electron chi connectivity index (χ0n) is 14.9. The Hall–Kier alpha value is -3.08. The number of fused-ring (bicyclic) bond motifs is 1. The standard InChI is InChI=1S/C21H20O5/c1-4-24-21(23)19(15-8-6-5-7-9-15)25-16-10-11-17-13(2)14(3)20(22)26-18(17)12-16/h5-12,19H,4H2,1-3H3. The molecule has 0 radical (unpaired) electrons. The molecular formula is C21H20O5. The van der Waals surface area contributed by atoms with Crippen molar-refractivity contribution in [3.8, 4) is 5.75 Å². The minimum atomic E-state index is -0.896. The van der Waals surface area contributed by atoms with E-state index in [1.54, 1.807) is 38.1 Å². The topological polar surface area (TPSA) is 65.7 Å². The first kappa shape index (κ1) is 17.7. The molecule has 1 aromatic heterocycles. The quantitative estimate of drug-likeness (QED) is 0.511. The Balaban J connectivity index is 2.00. The molecule has 5 heteroatoms. The predicted octanol–water partition coefficient (Wildman–Crippen LogP) is 4.09. The van der Waals surface area contributed by atoms with Crippen LogP contribution in [0.25, 0.3) is 11.0 Å². The summed E-state index contributed by atoms with van der Waals surface area (Å²) in [6.45, 7) is 5.62. The number of carbonyl (C=O) groups excluding carboxylic acids is 1. The second-order valence-electron chi connectivity index (χ2n) is 5.96. The predicted molar refractivity (Wildman–Crippen MR) is 98.4 cm³/mol. The molecule has 0 amide bonds.